The van der Waals surface area contributed by atoms with E-state index in [4.69, 9.17) is 9.40 Å². The lowest BCUT2D eigenvalue weighted by molar-refractivity contribution is 0.620. The van der Waals surface area contributed by atoms with Crippen molar-refractivity contribution in [3.63, 3.8) is 0 Å². The van der Waals surface area contributed by atoms with Gasteiger partial charge in [-0.25, -0.2) is 4.98 Å². The van der Waals surface area contributed by atoms with Crippen molar-refractivity contribution >= 4 is 43.4 Å². The van der Waals surface area contributed by atoms with E-state index in [9.17, 15) is 0 Å². The number of hydrogen-bond donors (Lipinski definition) is 0. The monoisotopic (exact) mass is 574 g/mol. The Kier molecular flexibility index (Phi) is 5.82. The molecule has 0 aliphatic carbocycles. The molecule has 2 heterocycles. The topological polar surface area (TPSA) is 38.9 Å². The molecule has 0 saturated heterocycles. The van der Waals surface area contributed by atoms with Crippen molar-refractivity contribution in [2.45, 2.75) is 0 Å². The molecule has 3 nitrogen and oxygen atoms in total. The molecule has 45 heavy (non-hydrogen) atoms. The normalized spacial score (nSPS) is 11.6. The van der Waals surface area contributed by atoms with Crippen molar-refractivity contribution in [3.05, 3.63) is 158 Å². The molecule has 0 radical (unpaired) electrons. The highest BCUT2D eigenvalue weighted by molar-refractivity contribution is 6.25. The fourth-order valence-electron chi connectivity index (χ4n) is 6.53. The summed E-state index contributed by atoms with van der Waals surface area (Å²) in [6, 6.07) is 51.4. The van der Waals surface area contributed by atoms with Gasteiger partial charge in [-0.2, -0.15) is 0 Å². The Balaban J connectivity index is 1.06. The standard InChI is InChI=1S/C42H26N2O/c1-2-12-36-34(10-1)35-11-3-4-13-37(35)39-24-31(18-20-38(36)39)32-19-21-40-41(25-32)45-42(44-40)28-16-14-27(15-17-28)29-7-5-8-30(23-29)33-9-6-22-43-26-33/h1-26H. The van der Waals surface area contributed by atoms with Crippen LogP contribution in [-0.2, 0) is 0 Å². The maximum atomic E-state index is 6.34. The minimum absolute atomic E-state index is 0.619. The summed E-state index contributed by atoms with van der Waals surface area (Å²) in [7, 11) is 0. The maximum Gasteiger partial charge on any atom is 0.227 e. The first-order chi connectivity index (χ1) is 22.3. The molecule has 2 aromatic heterocycles. The third-order valence-electron chi connectivity index (χ3n) is 8.79. The molecule has 7 aromatic carbocycles. The molecular weight excluding hydrogens is 548 g/mol. The van der Waals surface area contributed by atoms with E-state index in [1.54, 1.807) is 6.20 Å². The average molecular weight is 575 g/mol. The van der Waals surface area contributed by atoms with Crippen LogP contribution in [0.5, 0.6) is 0 Å². The summed E-state index contributed by atoms with van der Waals surface area (Å²) >= 11 is 0. The minimum atomic E-state index is 0.619. The summed E-state index contributed by atoms with van der Waals surface area (Å²) in [5.41, 5.74) is 9.37. The number of nitrogens with zero attached hydrogens (tertiary/aromatic N) is 2. The fourth-order valence-corrected chi connectivity index (χ4v) is 6.53. The Labute approximate surface area is 260 Å². The lowest BCUT2D eigenvalue weighted by Gasteiger charge is -2.12. The predicted octanol–water partition coefficient (Wildman–Crippen LogP) is 11.4. The molecule has 210 valence electrons. The summed E-state index contributed by atoms with van der Waals surface area (Å²) in [5.74, 6) is 0.619. The average Bonchev–Trinajstić information content (AvgIpc) is 3.56. The SMILES string of the molecule is c1cncc(-c2cccc(-c3ccc(-c4nc5ccc(-c6ccc7c8ccccc8c8ccccc8c7c6)cc5o4)cc3)c2)c1. The first-order valence-electron chi connectivity index (χ1n) is 15.1. The molecule has 0 spiro atoms. The van der Waals surface area contributed by atoms with E-state index in [0.717, 1.165) is 50.0 Å². The second kappa shape index (κ2) is 10.3. The van der Waals surface area contributed by atoms with E-state index in [0.29, 0.717) is 5.89 Å². The number of pyridine rings is 1. The molecule has 9 aromatic rings. The van der Waals surface area contributed by atoms with E-state index < -0.39 is 0 Å². The molecule has 0 aliphatic rings. The zero-order valence-corrected chi connectivity index (χ0v) is 24.3. The van der Waals surface area contributed by atoms with Crippen LogP contribution in [0.4, 0.5) is 0 Å². The van der Waals surface area contributed by atoms with Crippen molar-refractivity contribution in [2.24, 2.45) is 0 Å². The van der Waals surface area contributed by atoms with Crippen LogP contribution in [-0.4, -0.2) is 9.97 Å². The zero-order chi connectivity index (χ0) is 29.7. The van der Waals surface area contributed by atoms with Gasteiger partial charge in [-0.05, 0) is 103 Å². The van der Waals surface area contributed by atoms with Crippen molar-refractivity contribution < 1.29 is 4.42 Å². The highest BCUT2D eigenvalue weighted by atomic mass is 16.3. The van der Waals surface area contributed by atoms with Gasteiger partial charge in [0.25, 0.3) is 0 Å². The predicted molar refractivity (Wildman–Crippen MR) is 186 cm³/mol. The van der Waals surface area contributed by atoms with Crippen molar-refractivity contribution in [1.29, 1.82) is 0 Å². The molecule has 0 aliphatic heterocycles. The van der Waals surface area contributed by atoms with Crippen LogP contribution in [0.2, 0.25) is 0 Å². The van der Waals surface area contributed by atoms with Crippen molar-refractivity contribution in [1.82, 2.24) is 9.97 Å². The fraction of sp³-hybridized carbons (Fsp3) is 0. The number of benzene rings is 7. The number of aromatic nitrogens is 2. The third-order valence-corrected chi connectivity index (χ3v) is 8.79. The van der Waals surface area contributed by atoms with E-state index in [-0.39, 0.29) is 0 Å². The first-order valence-corrected chi connectivity index (χ1v) is 15.1. The number of hydrogen-bond acceptors (Lipinski definition) is 3. The molecule has 0 unspecified atom stereocenters. The van der Waals surface area contributed by atoms with Gasteiger partial charge in [0.15, 0.2) is 5.58 Å². The molecule has 0 atom stereocenters. The number of fused-ring (bicyclic) bond motifs is 7. The highest BCUT2D eigenvalue weighted by Crippen LogP contribution is 2.38. The lowest BCUT2D eigenvalue weighted by atomic mass is 9.92. The molecule has 0 fully saturated rings. The third kappa shape index (κ3) is 4.37. The van der Waals surface area contributed by atoms with Crippen molar-refractivity contribution in [3.8, 4) is 44.8 Å². The second-order valence-electron chi connectivity index (χ2n) is 11.5. The minimum Gasteiger partial charge on any atom is -0.436 e. The van der Waals surface area contributed by atoms with Crippen molar-refractivity contribution in [2.75, 3.05) is 0 Å². The smallest absolute Gasteiger partial charge is 0.227 e. The van der Waals surface area contributed by atoms with E-state index >= 15 is 0 Å². The summed E-state index contributed by atoms with van der Waals surface area (Å²) in [5, 5.41) is 7.63. The Hall–Kier alpha value is -6.06. The zero-order valence-electron chi connectivity index (χ0n) is 24.3. The maximum absolute atomic E-state index is 6.34. The molecule has 0 saturated carbocycles. The van der Waals surface area contributed by atoms with Crippen LogP contribution < -0.4 is 0 Å². The largest absolute Gasteiger partial charge is 0.436 e. The van der Waals surface area contributed by atoms with E-state index in [1.165, 1.54) is 32.3 Å². The molecule has 0 N–H and O–H groups in total. The summed E-state index contributed by atoms with van der Waals surface area (Å²) < 4.78 is 6.34. The quantitative estimate of drug-likeness (QED) is 0.196. The Bertz CT molecular complexity index is 2490. The highest BCUT2D eigenvalue weighted by Gasteiger charge is 2.13. The van der Waals surface area contributed by atoms with Gasteiger partial charge in [-0.1, -0.05) is 103 Å². The molecule has 9 rings (SSSR count). The summed E-state index contributed by atoms with van der Waals surface area (Å²) in [6.45, 7) is 0. The Morgan fingerprint density at radius 1 is 0.378 bits per heavy atom. The molecule has 0 bridgehead atoms. The van der Waals surface area contributed by atoms with Crippen LogP contribution in [0.15, 0.2) is 162 Å². The van der Waals surface area contributed by atoms with Gasteiger partial charge < -0.3 is 4.42 Å². The van der Waals surface area contributed by atoms with Gasteiger partial charge in [-0.3, -0.25) is 4.98 Å². The van der Waals surface area contributed by atoms with Gasteiger partial charge >= 0.3 is 0 Å². The Morgan fingerprint density at radius 2 is 0.933 bits per heavy atom. The first kappa shape index (κ1) is 25.4. The second-order valence-corrected chi connectivity index (χ2v) is 11.5. The lowest BCUT2D eigenvalue weighted by Crippen LogP contribution is -1.85. The van der Waals surface area contributed by atoms with Gasteiger partial charge in [0, 0.05) is 23.5 Å². The van der Waals surface area contributed by atoms with Crippen LogP contribution in [0.1, 0.15) is 0 Å². The van der Waals surface area contributed by atoms with Crippen LogP contribution in [0.25, 0.3) is 88.3 Å². The van der Waals surface area contributed by atoms with Crippen LogP contribution in [0, 0.1) is 0 Å². The van der Waals surface area contributed by atoms with Gasteiger partial charge in [0.05, 0.1) is 0 Å². The number of oxazole rings is 1. The Morgan fingerprint density at radius 3 is 1.64 bits per heavy atom. The van der Waals surface area contributed by atoms with E-state index in [2.05, 4.69) is 145 Å². The summed E-state index contributed by atoms with van der Waals surface area (Å²) in [4.78, 5) is 9.09. The molecular formula is C42H26N2O. The van der Waals surface area contributed by atoms with Gasteiger partial charge in [0.2, 0.25) is 5.89 Å². The van der Waals surface area contributed by atoms with Crippen LogP contribution in [0.3, 0.4) is 0 Å². The van der Waals surface area contributed by atoms with Gasteiger partial charge in [-0.15, -0.1) is 0 Å². The molecule has 3 heteroatoms. The number of rotatable bonds is 4. The van der Waals surface area contributed by atoms with Gasteiger partial charge in [0.1, 0.15) is 5.52 Å². The summed E-state index contributed by atoms with van der Waals surface area (Å²) in [6.07, 6.45) is 3.69. The van der Waals surface area contributed by atoms with E-state index in [1.807, 2.05) is 12.3 Å². The molecule has 0 amide bonds. The van der Waals surface area contributed by atoms with Crippen LogP contribution >= 0.6 is 0 Å².